The van der Waals surface area contributed by atoms with Crippen molar-refractivity contribution in [2.45, 2.75) is 6.42 Å². The number of hydrogen-bond donors (Lipinski definition) is 1. The minimum atomic E-state index is 0.715. The van der Waals surface area contributed by atoms with Crippen LogP contribution in [-0.4, -0.2) is 4.98 Å². The van der Waals surface area contributed by atoms with Gasteiger partial charge >= 0.3 is 0 Å². The molecule has 0 spiro atoms. The molecule has 0 bridgehead atoms. The fraction of sp³-hybridized carbons (Fsp3) is 0.0909. The van der Waals surface area contributed by atoms with E-state index in [1.807, 2.05) is 36.5 Å². The van der Waals surface area contributed by atoms with Crippen LogP contribution in [0.2, 0.25) is 10.0 Å². The van der Waals surface area contributed by atoms with Crippen LogP contribution in [-0.2, 0) is 6.42 Å². The highest BCUT2D eigenvalue weighted by Gasteiger charge is 2.06. The molecule has 0 aliphatic carbocycles. The fourth-order valence-corrected chi connectivity index (χ4v) is 1.90. The molecule has 0 unspecified atom stereocenters. The summed E-state index contributed by atoms with van der Waals surface area (Å²) in [6.45, 7) is 0. The van der Waals surface area contributed by atoms with Gasteiger partial charge in [-0.2, -0.15) is 0 Å². The van der Waals surface area contributed by atoms with Crippen LogP contribution in [0.15, 0.2) is 36.5 Å². The van der Waals surface area contributed by atoms with Crippen molar-refractivity contribution in [3.05, 3.63) is 57.8 Å². The monoisotopic (exact) mass is 225 g/mol. The molecular formula is C11H9Cl2N. The topological polar surface area (TPSA) is 15.8 Å². The lowest BCUT2D eigenvalue weighted by atomic mass is 10.1. The molecule has 1 aromatic carbocycles. The van der Waals surface area contributed by atoms with Crippen LogP contribution in [0.1, 0.15) is 11.3 Å². The predicted octanol–water partition coefficient (Wildman–Crippen LogP) is 3.91. The smallest absolute Gasteiger partial charge is 0.0456 e. The second kappa shape index (κ2) is 4.07. The van der Waals surface area contributed by atoms with Gasteiger partial charge in [0.05, 0.1) is 0 Å². The lowest BCUT2D eigenvalue weighted by Crippen LogP contribution is -1.90. The molecule has 14 heavy (non-hydrogen) atoms. The Kier molecular flexibility index (Phi) is 2.80. The third-order valence-corrected chi connectivity index (χ3v) is 2.80. The van der Waals surface area contributed by atoms with Gasteiger partial charge in [0.1, 0.15) is 0 Å². The number of aromatic amines is 1. The minimum Gasteiger partial charge on any atom is -0.365 e. The largest absolute Gasteiger partial charge is 0.365 e. The lowest BCUT2D eigenvalue weighted by molar-refractivity contribution is 1.11. The third-order valence-electron chi connectivity index (χ3n) is 2.09. The van der Waals surface area contributed by atoms with Gasteiger partial charge in [0.2, 0.25) is 0 Å². The highest BCUT2D eigenvalue weighted by atomic mass is 35.5. The van der Waals surface area contributed by atoms with E-state index in [-0.39, 0.29) is 0 Å². The molecule has 72 valence electrons. The molecule has 1 nitrogen and oxygen atoms in total. The molecule has 0 saturated carbocycles. The number of H-pyrrole nitrogens is 1. The Morgan fingerprint density at radius 3 is 2.29 bits per heavy atom. The standard InChI is InChI=1S/C11H9Cl2N/c12-10-4-1-5-11(13)9(10)7-8-3-2-6-14-8/h1-6,14H,7H2. The molecule has 0 amide bonds. The SMILES string of the molecule is Clc1cccc(Cl)c1Cc1ccc[nH]1. The first-order chi connectivity index (χ1) is 6.77. The van der Waals surface area contributed by atoms with Crippen molar-refractivity contribution in [1.29, 1.82) is 0 Å². The maximum atomic E-state index is 6.05. The summed E-state index contributed by atoms with van der Waals surface area (Å²) in [5, 5.41) is 1.43. The summed E-state index contributed by atoms with van der Waals surface area (Å²) in [5.74, 6) is 0. The van der Waals surface area contributed by atoms with Crippen LogP contribution in [0.3, 0.4) is 0 Å². The highest BCUT2D eigenvalue weighted by Crippen LogP contribution is 2.26. The predicted molar refractivity (Wildman–Crippen MR) is 60.1 cm³/mol. The van der Waals surface area contributed by atoms with Crippen molar-refractivity contribution < 1.29 is 0 Å². The Bertz CT molecular complexity index is 401. The Morgan fingerprint density at radius 2 is 1.71 bits per heavy atom. The van der Waals surface area contributed by atoms with Gasteiger partial charge in [0.25, 0.3) is 0 Å². The summed E-state index contributed by atoms with van der Waals surface area (Å²) in [7, 11) is 0. The quantitative estimate of drug-likeness (QED) is 0.798. The van der Waals surface area contributed by atoms with E-state index in [9.17, 15) is 0 Å². The minimum absolute atomic E-state index is 0.715. The number of aromatic nitrogens is 1. The normalized spacial score (nSPS) is 10.4. The summed E-state index contributed by atoms with van der Waals surface area (Å²) in [6.07, 6.45) is 2.63. The van der Waals surface area contributed by atoms with Gasteiger partial charge < -0.3 is 4.98 Å². The van der Waals surface area contributed by atoms with Gasteiger partial charge in [-0.15, -0.1) is 0 Å². The highest BCUT2D eigenvalue weighted by molar-refractivity contribution is 6.36. The van der Waals surface area contributed by atoms with E-state index in [4.69, 9.17) is 23.2 Å². The zero-order chi connectivity index (χ0) is 9.97. The van der Waals surface area contributed by atoms with Gasteiger partial charge in [-0.3, -0.25) is 0 Å². The Hall–Kier alpha value is -0.920. The van der Waals surface area contributed by atoms with Crippen LogP contribution in [0.4, 0.5) is 0 Å². The van der Waals surface area contributed by atoms with Crippen molar-refractivity contribution in [2.75, 3.05) is 0 Å². The third kappa shape index (κ3) is 1.94. The average Bonchev–Trinajstić information content (AvgIpc) is 2.64. The summed E-state index contributed by atoms with van der Waals surface area (Å²) >= 11 is 12.1. The molecule has 1 aromatic heterocycles. The summed E-state index contributed by atoms with van der Waals surface area (Å²) in [5.41, 5.74) is 2.08. The number of nitrogens with one attached hydrogen (secondary N) is 1. The second-order valence-electron chi connectivity index (χ2n) is 3.07. The van der Waals surface area contributed by atoms with Crippen molar-refractivity contribution in [3.63, 3.8) is 0 Å². The number of benzene rings is 1. The van der Waals surface area contributed by atoms with Crippen LogP contribution in [0, 0.1) is 0 Å². The molecule has 1 heterocycles. The van der Waals surface area contributed by atoms with Gasteiger partial charge in [0.15, 0.2) is 0 Å². The lowest BCUT2D eigenvalue weighted by Gasteiger charge is -2.04. The van der Waals surface area contributed by atoms with E-state index in [1.54, 1.807) is 0 Å². The first-order valence-electron chi connectivity index (χ1n) is 4.32. The maximum absolute atomic E-state index is 6.05. The van der Waals surface area contributed by atoms with Crippen LogP contribution in [0.5, 0.6) is 0 Å². The van der Waals surface area contributed by atoms with E-state index >= 15 is 0 Å². The van der Waals surface area contributed by atoms with E-state index < -0.39 is 0 Å². The van der Waals surface area contributed by atoms with Gasteiger partial charge in [-0.05, 0) is 29.8 Å². The van der Waals surface area contributed by atoms with Crippen molar-refractivity contribution >= 4 is 23.2 Å². The van der Waals surface area contributed by atoms with Crippen molar-refractivity contribution in [3.8, 4) is 0 Å². The Balaban J connectivity index is 2.33. The Morgan fingerprint density at radius 1 is 1.00 bits per heavy atom. The molecule has 0 aliphatic rings. The molecular weight excluding hydrogens is 217 g/mol. The fourth-order valence-electron chi connectivity index (χ4n) is 1.37. The van der Waals surface area contributed by atoms with Crippen molar-refractivity contribution in [2.24, 2.45) is 0 Å². The van der Waals surface area contributed by atoms with E-state index in [1.165, 1.54) is 0 Å². The molecule has 1 N–H and O–H groups in total. The first-order valence-corrected chi connectivity index (χ1v) is 5.08. The van der Waals surface area contributed by atoms with Crippen LogP contribution < -0.4 is 0 Å². The van der Waals surface area contributed by atoms with E-state index in [0.717, 1.165) is 17.7 Å². The molecule has 0 saturated heterocycles. The molecule has 3 heteroatoms. The first kappa shape index (κ1) is 9.63. The number of hydrogen-bond acceptors (Lipinski definition) is 0. The van der Waals surface area contributed by atoms with Gasteiger partial charge in [-0.1, -0.05) is 29.3 Å². The summed E-state index contributed by atoms with van der Waals surface area (Å²) in [4.78, 5) is 3.12. The molecule has 0 atom stereocenters. The second-order valence-corrected chi connectivity index (χ2v) is 3.89. The molecule has 0 fully saturated rings. The average molecular weight is 226 g/mol. The molecule has 2 aromatic rings. The molecule has 0 radical (unpaired) electrons. The zero-order valence-electron chi connectivity index (χ0n) is 7.43. The van der Waals surface area contributed by atoms with Crippen molar-refractivity contribution in [1.82, 2.24) is 4.98 Å². The van der Waals surface area contributed by atoms with Gasteiger partial charge in [-0.25, -0.2) is 0 Å². The number of halogens is 2. The summed E-state index contributed by atoms with van der Waals surface area (Å²) in [6, 6.07) is 9.53. The van der Waals surface area contributed by atoms with Gasteiger partial charge in [0, 0.05) is 28.4 Å². The zero-order valence-corrected chi connectivity index (χ0v) is 8.94. The van der Waals surface area contributed by atoms with Crippen LogP contribution in [0.25, 0.3) is 0 Å². The molecule has 2 rings (SSSR count). The van der Waals surface area contributed by atoms with E-state index in [2.05, 4.69) is 4.98 Å². The Labute approximate surface area is 92.7 Å². The molecule has 0 aliphatic heterocycles. The number of rotatable bonds is 2. The van der Waals surface area contributed by atoms with Crippen LogP contribution >= 0.6 is 23.2 Å². The van der Waals surface area contributed by atoms with E-state index in [0.29, 0.717) is 10.0 Å². The maximum Gasteiger partial charge on any atom is 0.0456 e. The summed E-state index contributed by atoms with van der Waals surface area (Å²) < 4.78 is 0.